The molecule has 0 saturated carbocycles. The normalized spacial score (nSPS) is 15.2. The number of aromatic nitrogens is 3. The molecule has 3 heterocycles. The Morgan fingerprint density at radius 3 is 2.81 bits per heavy atom. The van der Waals surface area contributed by atoms with Crippen LogP contribution in [-0.2, 0) is 9.53 Å². The second-order valence-electron chi connectivity index (χ2n) is 6.31. The lowest BCUT2D eigenvalue weighted by molar-refractivity contribution is -0.118. The molecule has 0 spiro atoms. The van der Waals surface area contributed by atoms with Crippen LogP contribution in [0.25, 0.3) is 21.3 Å². The van der Waals surface area contributed by atoms with Gasteiger partial charge < -0.3 is 10.1 Å². The molecule has 140 valence electrons. The van der Waals surface area contributed by atoms with Gasteiger partial charge in [0.2, 0.25) is 5.91 Å². The third kappa shape index (κ3) is 4.10. The van der Waals surface area contributed by atoms with E-state index in [-0.39, 0.29) is 11.7 Å². The summed E-state index contributed by atoms with van der Waals surface area (Å²) in [6.07, 6.45) is 1.55. The molecule has 1 aromatic carbocycles. The van der Waals surface area contributed by atoms with E-state index >= 15 is 0 Å². The summed E-state index contributed by atoms with van der Waals surface area (Å²) in [6.45, 7) is 4.88. The maximum Gasteiger partial charge on any atom is 0.239 e. The zero-order valence-electron chi connectivity index (χ0n) is 14.7. The minimum atomic E-state index is -0.371. The first-order chi connectivity index (χ1) is 13.1. The summed E-state index contributed by atoms with van der Waals surface area (Å²) in [5, 5.41) is 13.5. The second-order valence-corrected chi connectivity index (χ2v) is 7.49. The molecule has 0 radical (unpaired) electrons. The Labute approximate surface area is 159 Å². The van der Waals surface area contributed by atoms with Crippen molar-refractivity contribution in [2.75, 3.05) is 38.2 Å². The molecule has 4 rings (SSSR count). The molecule has 27 heavy (non-hydrogen) atoms. The number of morpholine rings is 1. The summed E-state index contributed by atoms with van der Waals surface area (Å²) < 4.78 is 19.7. The fourth-order valence-electron chi connectivity index (χ4n) is 2.95. The highest BCUT2D eigenvalue weighted by atomic mass is 32.1. The molecular weight excluding hydrogens is 369 g/mol. The average Bonchev–Trinajstić information content (AvgIpc) is 3.08. The van der Waals surface area contributed by atoms with Gasteiger partial charge in [-0.2, -0.15) is 0 Å². The van der Waals surface area contributed by atoms with E-state index in [1.165, 1.54) is 17.4 Å². The zero-order chi connectivity index (χ0) is 18.8. The molecule has 9 heteroatoms. The van der Waals surface area contributed by atoms with Gasteiger partial charge in [0.1, 0.15) is 16.6 Å². The number of pyridine rings is 1. The van der Waals surface area contributed by atoms with Crippen LogP contribution in [0.15, 0.2) is 24.4 Å². The first kappa shape index (κ1) is 17.9. The largest absolute Gasteiger partial charge is 0.379 e. The van der Waals surface area contributed by atoms with Crippen LogP contribution in [-0.4, -0.2) is 58.8 Å². The van der Waals surface area contributed by atoms with Gasteiger partial charge in [0.15, 0.2) is 5.01 Å². The number of hydrogen-bond donors (Lipinski definition) is 1. The maximum atomic E-state index is 14.4. The predicted octanol–water partition coefficient (Wildman–Crippen LogP) is 2.47. The predicted molar refractivity (Wildman–Crippen MR) is 101 cm³/mol. The van der Waals surface area contributed by atoms with E-state index in [4.69, 9.17) is 4.74 Å². The van der Waals surface area contributed by atoms with E-state index in [2.05, 4.69) is 20.5 Å². The lowest BCUT2D eigenvalue weighted by atomic mass is 10.1. The van der Waals surface area contributed by atoms with Crippen molar-refractivity contribution < 1.29 is 13.9 Å². The van der Waals surface area contributed by atoms with E-state index in [1.807, 2.05) is 11.8 Å². The third-order valence-corrected chi connectivity index (χ3v) is 5.17. The molecule has 0 aliphatic carbocycles. The minimum Gasteiger partial charge on any atom is -0.379 e. The first-order valence-corrected chi connectivity index (χ1v) is 9.40. The topological polar surface area (TPSA) is 80.2 Å². The number of carbonyl (C=O) groups is 1. The molecule has 1 saturated heterocycles. The zero-order valence-corrected chi connectivity index (χ0v) is 15.6. The Kier molecular flexibility index (Phi) is 5.06. The number of aryl methyl sites for hydroxylation is 1. The van der Waals surface area contributed by atoms with Gasteiger partial charge >= 0.3 is 0 Å². The van der Waals surface area contributed by atoms with Crippen molar-refractivity contribution >= 4 is 33.8 Å². The number of rotatable bonds is 4. The summed E-state index contributed by atoms with van der Waals surface area (Å²) in [6, 6.07) is 4.88. The fraction of sp³-hybridized carbons (Fsp3) is 0.333. The molecule has 1 amide bonds. The second kappa shape index (κ2) is 7.63. The van der Waals surface area contributed by atoms with Crippen LogP contribution >= 0.6 is 11.3 Å². The van der Waals surface area contributed by atoms with Crippen LogP contribution < -0.4 is 5.32 Å². The Balaban J connectivity index is 1.55. The Hall–Kier alpha value is -2.49. The van der Waals surface area contributed by atoms with Gasteiger partial charge in [-0.1, -0.05) is 11.3 Å². The van der Waals surface area contributed by atoms with E-state index in [9.17, 15) is 9.18 Å². The molecule has 3 aromatic rings. The van der Waals surface area contributed by atoms with Crippen molar-refractivity contribution in [3.05, 3.63) is 35.2 Å². The van der Waals surface area contributed by atoms with Crippen molar-refractivity contribution in [3.63, 3.8) is 0 Å². The van der Waals surface area contributed by atoms with Crippen LogP contribution in [0.2, 0.25) is 0 Å². The molecule has 1 aliphatic heterocycles. The molecule has 7 nitrogen and oxygen atoms in total. The van der Waals surface area contributed by atoms with Gasteiger partial charge in [-0.15, -0.1) is 10.2 Å². The average molecular weight is 387 g/mol. The number of fused-ring (bicyclic) bond motifs is 1. The van der Waals surface area contributed by atoms with Crippen molar-refractivity contribution in [2.45, 2.75) is 6.92 Å². The molecule has 2 aromatic heterocycles. The monoisotopic (exact) mass is 387 g/mol. The number of amides is 1. The fourth-order valence-corrected chi connectivity index (χ4v) is 3.66. The summed E-state index contributed by atoms with van der Waals surface area (Å²) in [5.74, 6) is -0.0675. The Morgan fingerprint density at radius 2 is 2.07 bits per heavy atom. The Bertz CT molecular complexity index is 987. The first-order valence-electron chi connectivity index (χ1n) is 8.58. The quantitative estimate of drug-likeness (QED) is 0.741. The van der Waals surface area contributed by atoms with E-state index in [0.717, 1.165) is 23.5 Å². The third-order valence-electron chi connectivity index (χ3n) is 4.30. The van der Waals surface area contributed by atoms with Crippen LogP contribution in [0, 0.1) is 12.7 Å². The molecule has 0 atom stereocenters. The van der Waals surface area contributed by atoms with Crippen molar-refractivity contribution in [2.24, 2.45) is 0 Å². The number of anilines is 1. The number of carbonyl (C=O) groups excluding carboxylic acids is 1. The summed E-state index contributed by atoms with van der Waals surface area (Å²) >= 11 is 1.33. The lowest BCUT2D eigenvalue weighted by Gasteiger charge is -2.25. The van der Waals surface area contributed by atoms with Crippen LogP contribution in [0.3, 0.4) is 0 Å². The van der Waals surface area contributed by atoms with Gasteiger partial charge in [-0.3, -0.25) is 9.69 Å². The molecule has 1 N–H and O–H groups in total. The number of hydrogen-bond acceptors (Lipinski definition) is 7. The van der Waals surface area contributed by atoms with E-state index in [0.29, 0.717) is 41.5 Å². The number of halogens is 1. The van der Waals surface area contributed by atoms with Crippen molar-refractivity contribution in [3.8, 4) is 10.6 Å². The molecule has 1 aliphatic rings. The Morgan fingerprint density at radius 1 is 1.26 bits per heavy atom. The van der Waals surface area contributed by atoms with Gasteiger partial charge in [0, 0.05) is 30.2 Å². The molecule has 0 bridgehead atoms. The highest BCUT2D eigenvalue weighted by Crippen LogP contribution is 2.30. The van der Waals surface area contributed by atoms with Crippen molar-refractivity contribution in [1.82, 2.24) is 20.1 Å². The highest BCUT2D eigenvalue weighted by Gasteiger charge is 2.15. The van der Waals surface area contributed by atoms with Gasteiger partial charge in [-0.25, -0.2) is 9.37 Å². The standard InChI is InChI=1S/C18H18FN5O2S/c1-11-22-23-18(27-11)14-6-12-8-16(20-9-13(12)7-15(14)19)21-17(25)10-24-2-4-26-5-3-24/h6-9H,2-5,10H2,1H3,(H,20,21,25). The van der Waals surface area contributed by atoms with Crippen LogP contribution in [0.4, 0.5) is 10.2 Å². The summed E-state index contributed by atoms with van der Waals surface area (Å²) in [7, 11) is 0. The van der Waals surface area contributed by atoms with Crippen molar-refractivity contribution in [1.29, 1.82) is 0 Å². The number of ether oxygens (including phenoxy) is 1. The van der Waals surface area contributed by atoms with Crippen LogP contribution in [0.5, 0.6) is 0 Å². The van der Waals surface area contributed by atoms with Gasteiger partial charge in [0.05, 0.1) is 19.8 Å². The van der Waals surface area contributed by atoms with E-state index < -0.39 is 0 Å². The maximum absolute atomic E-state index is 14.4. The lowest BCUT2D eigenvalue weighted by Crippen LogP contribution is -2.41. The van der Waals surface area contributed by atoms with Gasteiger partial charge in [-0.05, 0) is 30.5 Å². The number of nitrogens with zero attached hydrogens (tertiary/aromatic N) is 4. The van der Waals surface area contributed by atoms with Gasteiger partial charge in [0.25, 0.3) is 0 Å². The summed E-state index contributed by atoms with van der Waals surface area (Å²) in [4.78, 5) is 18.5. The minimum absolute atomic E-state index is 0.133. The van der Waals surface area contributed by atoms with E-state index in [1.54, 1.807) is 18.3 Å². The van der Waals surface area contributed by atoms with Crippen LogP contribution in [0.1, 0.15) is 5.01 Å². The highest BCUT2D eigenvalue weighted by molar-refractivity contribution is 7.14. The number of benzene rings is 1. The molecule has 0 unspecified atom stereocenters. The smallest absolute Gasteiger partial charge is 0.239 e. The number of nitrogens with one attached hydrogen (secondary N) is 1. The SMILES string of the molecule is Cc1nnc(-c2cc3cc(NC(=O)CN4CCOCC4)ncc3cc2F)s1. The molecule has 1 fully saturated rings. The molecular formula is C18H18FN5O2S. The summed E-state index contributed by atoms with van der Waals surface area (Å²) in [5.41, 5.74) is 0.393.